The van der Waals surface area contributed by atoms with Crippen molar-refractivity contribution in [2.24, 2.45) is 12.8 Å². The summed E-state index contributed by atoms with van der Waals surface area (Å²) in [5.74, 6) is -0.206. The molecule has 0 spiro atoms. The third-order valence-corrected chi connectivity index (χ3v) is 5.53. The number of nitrogens with one attached hydrogen (secondary N) is 1. The molecule has 9 heteroatoms. The lowest BCUT2D eigenvalue weighted by Gasteiger charge is -2.16. The van der Waals surface area contributed by atoms with Crippen molar-refractivity contribution in [1.82, 2.24) is 20.3 Å². The summed E-state index contributed by atoms with van der Waals surface area (Å²) in [6.07, 6.45) is 2.23. The number of rotatable bonds is 6. The van der Waals surface area contributed by atoms with Gasteiger partial charge in [0.25, 0.3) is 5.91 Å². The molecule has 1 amide bonds. The number of nitrogens with two attached hydrogens (primary N) is 1. The van der Waals surface area contributed by atoms with E-state index in [-0.39, 0.29) is 11.9 Å². The second-order valence-corrected chi connectivity index (χ2v) is 7.87. The number of carbonyl (C=O) groups is 1. The second-order valence-electron chi connectivity index (χ2n) is 5.78. The van der Waals surface area contributed by atoms with Gasteiger partial charge in [-0.25, -0.2) is 4.68 Å². The third-order valence-electron chi connectivity index (χ3n) is 3.92. The highest BCUT2D eigenvalue weighted by Gasteiger charge is 2.19. The molecule has 136 valence electrons. The van der Waals surface area contributed by atoms with Gasteiger partial charge in [-0.1, -0.05) is 40.5 Å². The number of aryl methyl sites for hydroxylation is 1. The van der Waals surface area contributed by atoms with E-state index in [0.29, 0.717) is 27.2 Å². The first-order chi connectivity index (χ1) is 12.5. The van der Waals surface area contributed by atoms with Crippen LogP contribution >= 0.6 is 34.5 Å². The normalized spacial score (nSPS) is 12.2. The van der Waals surface area contributed by atoms with Crippen LogP contribution in [0.4, 0.5) is 0 Å². The quantitative estimate of drug-likeness (QED) is 0.654. The molecule has 6 nitrogen and oxygen atoms in total. The smallest absolute Gasteiger partial charge is 0.261 e. The van der Waals surface area contributed by atoms with Crippen molar-refractivity contribution >= 4 is 40.4 Å². The fraction of sp³-hybridized carbons (Fsp3) is 0.235. The van der Waals surface area contributed by atoms with E-state index in [1.54, 1.807) is 24.0 Å². The second kappa shape index (κ2) is 8.18. The Morgan fingerprint density at radius 1 is 1.35 bits per heavy atom. The van der Waals surface area contributed by atoms with Gasteiger partial charge in [-0.15, -0.1) is 16.4 Å². The standard InChI is InChI=1S/C17H17Cl2N5OS/c1-24-14(9-21-23-24)13-7-15(26-16(13)19)17(25)22-12(8-20)6-10-2-4-11(18)5-3-10/h2-5,7,9,12H,6,8,20H2,1H3,(H,22,25)/t12-/m0/s1. The number of carbonyl (C=O) groups excluding carboxylic acids is 1. The van der Waals surface area contributed by atoms with E-state index < -0.39 is 0 Å². The zero-order valence-corrected chi connectivity index (χ0v) is 16.3. The van der Waals surface area contributed by atoms with E-state index in [0.717, 1.165) is 16.8 Å². The van der Waals surface area contributed by atoms with Gasteiger partial charge in [0.05, 0.1) is 16.8 Å². The van der Waals surface area contributed by atoms with Crippen molar-refractivity contribution in [2.45, 2.75) is 12.5 Å². The van der Waals surface area contributed by atoms with Gasteiger partial charge in [0, 0.05) is 30.2 Å². The van der Waals surface area contributed by atoms with E-state index in [4.69, 9.17) is 28.9 Å². The number of nitrogens with zero attached hydrogens (tertiary/aromatic N) is 3. The molecule has 3 aromatic rings. The first-order valence-electron chi connectivity index (χ1n) is 7.87. The molecule has 2 aromatic heterocycles. The number of thiophene rings is 1. The minimum Gasteiger partial charge on any atom is -0.347 e. The van der Waals surface area contributed by atoms with Gasteiger partial charge >= 0.3 is 0 Å². The van der Waals surface area contributed by atoms with Crippen LogP contribution in [-0.4, -0.2) is 33.5 Å². The summed E-state index contributed by atoms with van der Waals surface area (Å²) in [6.45, 7) is 0.325. The molecule has 0 saturated carbocycles. The van der Waals surface area contributed by atoms with Gasteiger partial charge in [-0.3, -0.25) is 4.79 Å². The molecule has 0 aliphatic carbocycles. The van der Waals surface area contributed by atoms with Gasteiger partial charge in [0.2, 0.25) is 0 Å². The molecule has 0 aliphatic heterocycles. The molecule has 0 saturated heterocycles. The third kappa shape index (κ3) is 4.24. The SMILES string of the molecule is Cn1nncc1-c1cc(C(=O)N[C@H](CN)Cc2ccc(Cl)cc2)sc1Cl. The fourth-order valence-electron chi connectivity index (χ4n) is 2.54. The van der Waals surface area contributed by atoms with Crippen LogP contribution in [0.2, 0.25) is 9.36 Å². The molecule has 0 aliphatic rings. The van der Waals surface area contributed by atoms with Crippen LogP contribution in [0.25, 0.3) is 11.3 Å². The maximum absolute atomic E-state index is 12.6. The number of amides is 1. The Morgan fingerprint density at radius 3 is 2.69 bits per heavy atom. The fourth-order valence-corrected chi connectivity index (χ4v) is 3.87. The Balaban J connectivity index is 1.72. The molecule has 26 heavy (non-hydrogen) atoms. The highest BCUT2D eigenvalue weighted by atomic mass is 35.5. The summed E-state index contributed by atoms with van der Waals surface area (Å²) >= 11 is 13.4. The summed E-state index contributed by atoms with van der Waals surface area (Å²) in [7, 11) is 1.77. The van der Waals surface area contributed by atoms with Gasteiger partial charge < -0.3 is 11.1 Å². The largest absolute Gasteiger partial charge is 0.347 e. The Bertz CT molecular complexity index is 906. The lowest BCUT2D eigenvalue weighted by molar-refractivity contribution is 0.0942. The summed E-state index contributed by atoms with van der Waals surface area (Å²) in [5, 5.41) is 11.4. The molecular formula is C17H17Cl2N5OS. The highest BCUT2D eigenvalue weighted by Crippen LogP contribution is 2.35. The number of benzene rings is 1. The summed E-state index contributed by atoms with van der Waals surface area (Å²) < 4.78 is 2.13. The summed E-state index contributed by atoms with van der Waals surface area (Å²) in [6, 6.07) is 9.04. The Morgan fingerprint density at radius 2 is 2.08 bits per heavy atom. The molecule has 3 N–H and O–H groups in total. The van der Waals surface area contributed by atoms with Gasteiger partial charge in [-0.2, -0.15) is 0 Å². The van der Waals surface area contributed by atoms with Crippen LogP contribution in [0.15, 0.2) is 36.5 Å². The minimum absolute atomic E-state index is 0.189. The molecule has 1 aromatic carbocycles. The van der Waals surface area contributed by atoms with Crippen LogP contribution in [0, 0.1) is 0 Å². The first-order valence-corrected chi connectivity index (χ1v) is 9.45. The topological polar surface area (TPSA) is 85.8 Å². The zero-order valence-electron chi connectivity index (χ0n) is 13.9. The average Bonchev–Trinajstić information content (AvgIpc) is 3.21. The summed E-state index contributed by atoms with van der Waals surface area (Å²) in [4.78, 5) is 13.1. The van der Waals surface area contributed by atoms with Crippen molar-refractivity contribution in [3.8, 4) is 11.3 Å². The van der Waals surface area contributed by atoms with Crippen molar-refractivity contribution in [2.75, 3.05) is 6.54 Å². The summed E-state index contributed by atoms with van der Waals surface area (Å²) in [5.41, 5.74) is 8.36. The molecular weight excluding hydrogens is 393 g/mol. The van der Waals surface area contributed by atoms with Crippen molar-refractivity contribution < 1.29 is 4.79 Å². The van der Waals surface area contributed by atoms with Gasteiger partial charge in [0.1, 0.15) is 4.34 Å². The van der Waals surface area contributed by atoms with Gasteiger partial charge in [-0.05, 0) is 30.2 Å². The molecule has 3 rings (SSSR count). The Kier molecular flexibility index (Phi) is 5.93. The van der Waals surface area contributed by atoms with Crippen LogP contribution in [-0.2, 0) is 13.5 Å². The van der Waals surface area contributed by atoms with E-state index in [9.17, 15) is 4.79 Å². The maximum atomic E-state index is 12.6. The van der Waals surface area contributed by atoms with Crippen molar-refractivity contribution in [3.63, 3.8) is 0 Å². The molecule has 2 heterocycles. The number of hydrogen-bond donors (Lipinski definition) is 2. The molecule has 1 atom stereocenters. The lowest BCUT2D eigenvalue weighted by atomic mass is 10.1. The van der Waals surface area contributed by atoms with Crippen molar-refractivity contribution in [3.05, 3.63) is 56.3 Å². The average molecular weight is 410 g/mol. The lowest BCUT2D eigenvalue weighted by Crippen LogP contribution is -2.41. The monoisotopic (exact) mass is 409 g/mol. The van der Waals surface area contributed by atoms with Gasteiger partial charge in [0.15, 0.2) is 0 Å². The van der Waals surface area contributed by atoms with Crippen LogP contribution in [0.1, 0.15) is 15.2 Å². The Hall–Kier alpha value is -1.93. The molecule has 0 bridgehead atoms. The Labute approximate surface area is 164 Å². The highest BCUT2D eigenvalue weighted by molar-refractivity contribution is 7.18. The van der Waals surface area contributed by atoms with E-state index in [1.165, 1.54) is 11.3 Å². The van der Waals surface area contributed by atoms with E-state index in [2.05, 4.69) is 15.6 Å². The van der Waals surface area contributed by atoms with Crippen LogP contribution < -0.4 is 11.1 Å². The van der Waals surface area contributed by atoms with E-state index in [1.807, 2.05) is 24.3 Å². The zero-order chi connectivity index (χ0) is 18.7. The van der Waals surface area contributed by atoms with Crippen LogP contribution in [0.5, 0.6) is 0 Å². The maximum Gasteiger partial charge on any atom is 0.261 e. The van der Waals surface area contributed by atoms with E-state index >= 15 is 0 Å². The predicted molar refractivity (Wildman–Crippen MR) is 105 cm³/mol. The van der Waals surface area contributed by atoms with Crippen LogP contribution in [0.3, 0.4) is 0 Å². The first kappa shape index (κ1) is 18.8. The predicted octanol–water partition coefficient (Wildman–Crippen LogP) is 3.15. The van der Waals surface area contributed by atoms with Crippen molar-refractivity contribution in [1.29, 1.82) is 0 Å². The minimum atomic E-state index is -0.206. The molecule has 0 unspecified atom stereocenters. The molecule has 0 radical (unpaired) electrons. The number of hydrogen-bond acceptors (Lipinski definition) is 5. The number of halogens is 2. The molecule has 0 fully saturated rings. The number of aromatic nitrogens is 3.